The zero-order chi connectivity index (χ0) is 9.57. The lowest BCUT2D eigenvalue weighted by molar-refractivity contribution is -0.322. The van der Waals surface area contributed by atoms with Crippen molar-refractivity contribution in [1.82, 2.24) is 0 Å². The number of rotatable bonds is 2. The fourth-order valence-electron chi connectivity index (χ4n) is 1.40. The topological polar surface area (TPSA) is 26.0 Å². The summed E-state index contributed by atoms with van der Waals surface area (Å²) in [4.78, 5) is 0. The van der Waals surface area contributed by atoms with E-state index < -0.39 is 30.1 Å². The highest BCUT2D eigenvalue weighted by molar-refractivity contribution is 5.04. The zero-order valence-electron chi connectivity index (χ0n) is 6.66. The molecule has 1 aliphatic carbocycles. The van der Waals surface area contributed by atoms with Crippen LogP contribution in [0.1, 0.15) is 13.3 Å². The molecule has 0 aliphatic heterocycles. The highest BCUT2D eigenvalue weighted by atomic mass is 19.3. The van der Waals surface area contributed by atoms with Crippen LogP contribution in [0.4, 0.5) is 17.6 Å². The summed E-state index contributed by atoms with van der Waals surface area (Å²) in [5.74, 6) is -9.47. The quantitative estimate of drug-likeness (QED) is 0.653. The first-order chi connectivity index (χ1) is 5.33. The first-order valence-electron chi connectivity index (χ1n) is 3.78. The summed E-state index contributed by atoms with van der Waals surface area (Å²) in [5, 5.41) is 0. The molecule has 72 valence electrons. The van der Waals surface area contributed by atoms with Crippen LogP contribution >= 0.6 is 0 Å². The highest BCUT2D eigenvalue weighted by Gasteiger charge is 2.72. The van der Waals surface area contributed by atoms with Gasteiger partial charge in [0.2, 0.25) is 0 Å². The van der Waals surface area contributed by atoms with Crippen molar-refractivity contribution in [2.45, 2.75) is 25.2 Å². The molecule has 1 nitrogen and oxygen atoms in total. The molecule has 0 saturated heterocycles. The average Bonchev–Trinajstić information content (AvgIpc) is 1.99. The minimum Gasteiger partial charge on any atom is -0.330 e. The molecule has 0 spiro atoms. The molecule has 2 N–H and O–H groups in total. The maximum Gasteiger partial charge on any atom is 0.313 e. The predicted molar refractivity (Wildman–Crippen MR) is 36.2 cm³/mol. The molecule has 0 heterocycles. The summed E-state index contributed by atoms with van der Waals surface area (Å²) in [6, 6.07) is 0. The Morgan fingerprint density at radius 2 is 1.92 bits per heavy atom. The zero-order valence-corrected chi connectivity index (χ0v) is 6.66. The minimum absolute atomic E-state index is 0.0241. The Labute approximate surface area is 67.9 Å². The number of nitrogens with two attached hydrogens (primary N) is 1. The molecule has 1 aliphatic rings. The number of hydrogen-bond donors (Lipinski definition) is 1. The summed E-state index contributed by atoms with van der Waals surface area (Å²) in [7, 11) is 0. The molecule has 0 bridgehead atoms. The van der Waals surface area contributed by atoms with E-state index in [1.54, 1.807) is 0 Å². The smallest absolute Gasteiger partial charge is 0.313 e. The number of alkyl halides is 4. The Kier molecular flexibility index (Phi) is 2.10. The van der Waals surface area contributed by atoms with Gasteiger partial charge in [0.15, 0.2) is 0 Å². The Hall–Kier alpha value is -0.320. The van der Waals surface area contributed by atoms with Crippen molar-refractivity contribution in [3.63, 3.8) is 0 Å². The monoisotopic (exact) mass is 185 g/mol. The van der Waals surface area contributed by atoms with Crippen LogP contribution in [0.25, 0.3) is 0 Å². The lowest BCUT2D eigenvalue weighted by Gasteiger charge is -2.46. The van der Waals surface area contributed by atoms with Gasteiger partial charge in [-0.25, -0.2) is 0 Å². The number of halogens is 4. The van der Waals surface area contributed by atoms with E-state index in [9.17, 15) is 17.6 Å². The normalized spacial score (nSPS) is 34.0. The van der Waals surface area contributed by atoms with Crippen molar-refractivity contribution in [2.24, 2.45) is 17.6 Å². The number of hydrogen-bond acceptors (Lipinski definition) is 1. The van der Waals surface area contributed by atoms with Gasteiger partial charge in [-0.15, -0.1) is 0 Å². The fraction of sp³-hybridized carbons (Fsp3) is 1.00. The van der Waals surface area contributed by atoms with Gasteiger partial charge in [-0.3, -0.25) is 0 Å². The molecule has 1 unspecified atom stereocenters. The first kappa shape index (κ1) is 9.77. The lowest BCUT2D eigenvalue weighted by atomic mass is 9.70. The van der Waals surface area contributed by atoms with E-state index in [0.717, 1.165) is 0 Å². The summed E-state index contributed by atoms with van der Waals surface area (Å²) >= 11 is 0. The molecule has 12 heavy (non-hydrogen) atoms. The Morgan fingerprint density at radius 3 is 2.17 bits per heavy atom. The van der Waals surface area contributed by atoms with Gasteiger partial charge in [0.25, 0.3) is 0 Å². The molecule has 1 rings (SSSR count). The molecule has 0 amide bonds. The van der Waals surface area contributed by atoms with Crippen molar-refractivity contribution in [3.8, 4) is 0 Å². The van der Waals surface area contributed by atoms with Crippen LogP contribution in [0.2, 0.25) is 0 Å². The maximum absolute atomic E-state index is 12.6. The van der Waals surface area contributed by atoms with Crippen LogP contribution < -0.4 is 5.73 Å². The van der Waals surface area contributed by atoms with E-state index in [1.165, 1.54) is 6.92 Å². The van der Waals surface area contributed by atoms with Crippen molar-refractivity contribution in [1.29, 1.82) is 0 Å². The van der Waals surface area contributed by atoms with Crippen LogP contribution in [-0.4, -0.2) is 18.4 Å². The first-order valence-corrected chi connectivity index (χ1v) is 3.78. The van der Waals surface area contributed by atoms with E-state index in [-0.39, 0.29) is 6.54 Å². The maximum atomic E-state index is 12.6. The minimum atomic E-state index is -3.86. The second kappa shape index (κ2) is 2.58. The fourth-order valence-corrected chi connectivity index (χ4v) is 1.40. The van der Waals surface area contributed by atoms with Gasteiger partial charge in [-0.05, 0) is 12.5 Å². The van der Waals surface area contributed by atoms with Gasteiger partial charge in [-0.2, -0.15) is 17.6 Å². The summed E-state index contributed by atoms with van der Waals surface area (Å²) < 4.78 is 49.8. The molecule has 2 atom stereocenters. The van der Waals surface area contributed by atoms with Gasteiger partial charge in [0.05, 0.1) is 0 Å². The van der Waals surface area contributed by atoms with E-state index >= 15 is 0 Å². The van der Waals surface area contributed by atoms with Gasteiger partial charge in [-0.1, -0.05) is 6.92 Å². The van der Waals surface area contributed by atoms with Crippen molar-refractivity contribution in [2.75, 3.05) is 6.54 Å². The van der Waals surface area contributed by atoms with Crippen molar-refractivity contribution < 1.29 is 17.6 Å². The van der Waals surface area contributed by atoms with E-state index in [0.29, 0.717) is 0 Å². The third-order valence-electron chi connectivity index (χ3n) is 2.49. The molecular formula is C7H11F4N. The van der Waals surface area contributed by atoms with Gasteiger partial charge < -0.3 is 5.73 Å². The molecule has 0 aromatic heterocycles. The second-order valence-electron chi connectivity index (χ2n) is 3.35. The van der Waals surface area contributed by atoms with Gasteiger partial charge >= 0.3 is 11.8 Å². The predicted octanol–water partition coefficient (Wildman–Crippen LogP) is 1.87. The summed E-state index contributed by atoms with van der Waals surface area (Å²) in [6.45, 7) is 1.49. The Bertz CT molecular complexity index is 180. The molecule has 5 heteroatoms. The standard InChI is InChI=1S/C7H11F4N/c1-4(3-12)5-2-6(8,9)7(5,10)11/h4-5H,2-3,12H2,1H3/t4-,5?/m1/s1. The van der Waals surface area contributed by atoms with E-state index in [1.807, 2.05) is 0 Å². The van der Waals surface area contributed by atoms with E-state index in [2.05, 4.69) is 0 Å². The molecule has 0 radical (unpaired) electrons. The molecule has 0 aromatic carbocycles. The Morgan fingerprint density at radius 1 is 1.42 bits per heavy atom. The van der Waals surface area contributed by atoms with Crippen LogP contribution in [-0.2, 0) is 0 Å². The summed E-state index contributed by atoms with van der Waals surface area (Å²) in [6.07, 6.45) is -0.738. The lowest BCUT2D eigenvalue weighted by Crippen LogP contribution is -2.61. The van der Waals surface area contributed by atoms with Crippen molar-refractivity contribution in [3.05, 3.63) is 0 Å². The largest absolute Gasteiger partial charge is 0.330 e. The molecule has 1 saturated carbocycles. The van der Waals surface area contributed by atoms with Gasteiger partial charge in [0.1, 0.15) is 0 Å². The summed E-state index contributed by atoms with van der Waals surface area (Å²) in [5.41, 5.74) is 5.11. The third kappa shape index (κ3) is 1.11. The van der Waals surface area contributed by atoms with Crippen LogP contribution in [0.5, 0.6) is 0 Å². The van der Waals surface area contributed by atoms with Crippen LogP contribution in [0.15, 0.2) is 0 Å². The SMILES string of the molecule is C[C@H](CN)C1CC(F)(F)C1(F)F. The molecular weight excluding hydrogens is 174 g/mol. The van der Waals surface area contributed by atoms with Crippen LogP contribution in [0.3, 0.4) is 0 Å². The Balaban J connectivity index is 2.65. The molecule has 0 aromatic rings. The average molecular weight is 185 g/mol. The van der Waals surface area contributed by atoms with Crippen LogP contribution in [0, 0.1) is 11.8 Å². The third-order valence-corrected chi connectivity index (χ3v) is 2.49. The van der Waals surface area contributed by atoms with Gasteiger partial charge in [0, 0.05) is 12.3 Å². The highest BCUT2D eigenvalue weighted by Crippen LogP contribution is 2.57. The molecule has 1 fully saturated rings. The van der Waals surface area contributed by atoms with E-state index in [4.69, 9.17) is 5.73 Å². The second-order valence-corrected chi connectivity index (χ2v) is 3.35. The van der Waals surface area contributed by atoms with Crippen molar-refractivity contribution >= 4 is 0 Å².